The average molecular weight is 364 g/mol. The van der Waals surface area contributed by atoms with Crippen molar-refractivity contribution in [3.8, 4) is 0 Å². The second-order valence-corrected chi connectivity index (χ2v) is 7.32. The molecule has 0 saturated heterocycles. The van der Waals surface area contributed by atoms with Crippen molar-refractivity contribution in [2.24, 2.45) is 0 Å². The van der Waals surface area contributed by atoms with Gasteiger partial charge in [-0.25, -0.2) is 17.5 Å². The molecule has 2 aromatic carbocycles. The van der Waals surface area contributed by atoms with Gasteiger partial charge in [0.2, 0.25) is 15.9 Å². The summed E-state index contributed by atoms with van der Waals surface area (Å²) in [5.74, 6) is -0.471. The predicted molar refractivity (Wildman–Crippen MR) is 94.1 cm³/mol. The summed E-state index contributed by atoms with van der Waals surface area (Å²) in [6, 6.07) is 12.4. The van der Waals surface area contributed by atoms with Gasteiger partial charge in [0.05, 0.1) is 11.3 Å². The maximum absolute atomic E-state index is 12.8. The lowest BCUT2D eigenvalue weighted by atomic mass is 10.1. The van der Waals surface area contributed by atoms with Gasteiger partial charge in [-0.3, -0.25) is 4.79 Å². The maximum atomic E-state index is 12.8. The van der Waals surface area contributed by atoms with Crippen molar-refractivity contribution in [2.45, 2.75) is 24.7 Å². The van der Waals surface area contributed by atoms with Gasteiger partial charge in [-0.15, -0.1) is 0 Å². The minimum atomic E-state index is -3.45. The summed E-state index contributed by atoms with van der Waals surface area (Å²) in [7, 11) is -3.45. The minimum absolute atomic E-state index is 0.141. The van der Waals surface area contributed by atoms with Crippen molar-refractivity contribution in [2.75, 3.05) is 13.1 Å². The van der Waals surface area contributed by atoms with Gasteiger partial charge in [-0.1, -0.05) is 31.2 Å². The highest BCUT2D eigenvalue weighted by atomic mass is 32.2. The van der Waals surface area contributed by atoms with E-state index in [9.17, 15) is 17.6 Å². The zero-order valence-corrected chi connectivity index (χ0v) is 14.8. The molecule has 0 aliphatic carbocycles. The van der Waals surface area contributed by atoms with Gasteiger partial charge in [0.15, 0.2) is 0 Å². The number of hydrogen-bond acceptors (Lipinski definition) is 3. The van der Waals surface area contributed by atoms with Crippen molar-refractivity contribution in [3.05, 3.63) is 65.5 Å². The largest absolute Gasteiger partial charge is 0.355 e. The van der Waals surface area contributed by atoms with Crippen molar-refractivity contribution < 1.29 is 17.6 Å². The van der Waals surface area contributed by atoms with Gasteiger partial charge in [0.1, 0.15) is 5.82 Å². The minimum Gasteiger partial charge on any atom is -0.355 e. The molecule has 0 unspecified atom stereocenters. The number of halogens is 1. The van der Waals surface area contributed by atoms with Crippen LogP contribution in [0.1, 0.15) is 18.1 Å². The first-order chi connectivity index (χ1) is 11.9. The number of benzene rings is 2. The normalized spacial score (nSPS) is 11.3. The lowest BCUT2D eigenvalue weighted by molar-refractivity contribution is -0.120. The van der Waals surface area contributed by atoms with E-state index in [4.69, 9.17) is 0 Å². The van der Waals surface area contributed by atoms with Crippen molar-refractivity contribution in [3.63, 3.8) is 0 Å². The zero-order chi connectivity index (χ0) is 18.3. The highest BCUT2D eigenvalue weighted by Gasteiger charge is 2.11. The van der Waals surface area contributed by atoms with Gasteiger partial charge in [-0.2, -0.15) is 0 Å². The molecular weight excluding hydrogens is 343 g/mol. The van der Waals surface area contributed by atoms with Crippen LogP contribution in [-0.2, 0) is 27.7 Å². The zero-order valence-electron chi connectivity index (χ0n) is 14.0. The van der Waals surface area contributed by atoms with Crippen LogP contribution in [0.4, 0.5) is 4.39 Å². The van der Waals surface area contributed by atoms with Gasteiger partial charge < -0.3 is 5.32 Å². The molecule has 2 aromatic rings. The monoisotopic (exact) mass is 364 g/mol. The van der Waals surface area contributed by atoms with E-state index in [-0.39, 0.29) is 23.0 Å². The molecule has 0 radical (unpaired) electrons. The molecule has 0 aromatic heterocycles. The van der Waals surface area contributed by atoms with Crippen LogP contribution in [0.5, 0.6) is 0 Å². The van der Waals surface area contributed by atoms with Gasteiger partial charge in [0.25, 0.3) is 0 Å². The Labute approximate surface area is 147 Å². The molecule has 2 N–H and O–H groups in total. The van der Waals surface area contributed by atoms with E-state index in [1.165, 1.54) is 12.1 Å². The molecule has 1 amide bonds. The molecule has 25 heavy (non-hydrogen) atoms. The third kappa shape index (κ3) is 5.95. The Morgan fingerprint density at radius 2 is 1.60 bits per heavy atom. The molecule has 0 saturated carbocycles. The summed E-state index contributed by atoms with van der Waals surface area (Å²) in [5.41, 5.74) is 1.68. The number of rotatable bonds is 8. The standard InChI is InChI=1S/C18H21FN2O3S/c1-2-21-25(23,24)17-9-5-14(6-10-17)11-12-20-18(22)13-15-3-7-16(19)8-4-15/h3-10,21H,2,11-13H2,1H3,(H,20,22). The van der Waals surface area contributed by atoms with Gasteiger partial charge >= 0.3 is 0 Å². The summed E-state index contributed by atoms with van der Waals surface area (Å²) < 4.78 is 39.0. The maximum Gasteiger partial charge on any atom is 0.240 e. The lowest BCUT2D eigenvalue weighted by Crippen LogP contribution is -2.27. The van der Waals surface area contributed by atoms with E-state index in [0.29, 0.717) is 19.5 Å². The fourth-order valence-electron chi connectivity index (χ4n) is 2.31. The summed E-state index contributed by atoms with van der Waals surface area (Å²) >= 11 is 0. The molecule has 0 heterocycles. The van der Waals surface area contributed by atoms with Gasteiger partial charge in [-0.05, 0) is 41.8 Å². The smallest absolute Gasteiger partial charge is 0.240 e. The van der Waals surface area contributed by atoms with Crippen LogP contribution in [0.15, 0.2) is 53.4 Å². The Morgan fingerprint density at radius 3 is 2.20 bits per heavy atom. The fraction of sp³-hybridized carbons (Fsp3) is 0.278. The second kappa shape index (κ2) is 8.73. The molecule has 0 spiro atoms. The SMILES string of the molecule is CCNS(=O)(=O)c1ccc(CCNC(=O)Cc2ccc(F)cc2)cc1. The fourth-order valence-corrected chi connectivity index (χ4v) is 3.35. The van der Waals surface area contributed by atoms with E-state index in [2.05, 4.69) is 10.0 Å². The summed E-state index contributed by atoms with van der Waals surface area (Å²) in [6.07, 6.45) is 0.789. The first kappa shape index (κ1) is 19.1. The van der Waals surface area contributed by atoms with E-state index in [0.717, 1.165) is 11.1 Å². The van der Waals surface area contributed by atoms with Crippen molar-refractivity contribution in [1.82, 2.24) is 10.0 Å². The van der Waals surface area contributed by atoms with E-state index >= 15 is 0 Å². The van der Waals surface area contributed by atoms with E-state index in [1.54, 1.807) is 43.3 Å². The topological polar surface area (TPSA) is 75.3 Å². The predicted octanol–water partition coefficient (Wildman–Crippen LogP) is 2.03. The molecule has 0 atom stereocenters. The Balaban J connectivity index is 1.81. The summed E-state index contributed by atoms with van der Waals surface area (Å²) in [6.45, 7) is 2.50. The second-order valence-electron chi connectivity index (χ2n) is 5.55. The van der Waals surface area contributed by atoms with Crippen LogP contribution in [0, 0.1) is 5.82 Å². The highest BCUT2D eigenvalue weighted by Crippen LogP contribution is 2.10. The molecule has 0 aliphatic heterocycles. The Hall–Kier alpha value is -2.25. The Morgan fingerprint density at radius 1 is 1.00 bits per heavy atom. The van der Waals surface area contributed by atoms with E-state index < -0.39 is 10.0 Å². The Bertz CT molecular complexity index is 803. The molecule has 2 rings (SSSR count). The molecule has 0 bridgehead atoms. The van der Waals surface area contributed by atoms with E-state index in [1.807, 2.05) is 0 Å². The number of carbonyl (C=O) groups is 1. The number of carbonyl (C=O) groups excluding carboxylic acids is 1. The number of amides is 1. The van der Waals surface area contributed by atoms with Gasteiger partial charge in [0, 0.05) is 13.1 Å². The third-order valence-corrected chi connectivity index (χ3v) is 5.14. The number of nitrogens with one attached hydrogen (secondary N) is 2. The first-order valence-corrected chi connectivity index (χ1v) is 9.49. The van der Waals surface area contributed by atoms with Crippen LogP contribution in [0.25, 0.3) is 0 Å². The molecule has 0 aliphatic rings. The van der Waals surface area contributed by atoms with Crippen LogP contribution < -0.4 is 10.0 Å². The van der Waals surface area contributed by atoms with Crippen LogP contribution in [-0.4, -0.2) is 27.4 Å². The van der Waals surface area contributed by atoms with Crippen LogP contribution in [0.2, 0.25) is 0 Å². The lowest BCUT2D eigenvalue weighted by Gasteiger charge is -2.07. The van der Waals surface area contributed by atoms with Crippen LogP contribution >= 0.6 is 0 Å². The molecule has 5 nitrogen and oxygen atoms in total. The van der Waals surface area contributed by atoms with Crippen LogP contribution in [0.3, 0.4) is 0 Å². The highest BCUT2D eigenvalue weighted by molar-refractivity contribution is 7.89. The molecule has 134 valence electrons. The number of sulfonamides is 1. The quantitative estimate of drug-likeness (QED) is 0.753. The molecular formula is C18H21FN2O3S. The summed E-state index contributed by atoms with van der Waals surface area (Å²) in [5, 5.41) is 2.80. The number of hydrogen-bond donors (Lipinski definition) is 2. The third-order valence-electron chi connectivity index (χ3n) is 3.58. The van der Waals surface area contributed by atoms with Crippen molar-refractivity contribution >= 4 is 15.9 Å². The molecule has 0 fully saturated rings. The summed E-state index contributed by atoms with van der Waals surface area (Å²) in [4.78, 5) is 12.1. The first-order valence-electron chi connectivity index (χ1n) is 8.00. The molecule has 7 heteroatoms. The average Bonchev–Trinajstić information content (AvgIpc) is 2.57. The Kier molecular flexibility index (Phi) is 6.66. The van der Waals surface area contributed by atoms with Crippen molar-refractivity contribution in [1.29, 1.82) is 0 Å².